The van der Waals surface area contributed by atoms with Crippen molar-refractivity contribution in [3.05, 3.63) is 71.0 Å². The highest BCUT2D eigenvalue weighted by atomic mass is 15.1. The Kier molecular flexibility index (Phi) is 4.33. The van der Waals surface area contributed by atoms with E-state index < -0.39 is 0 Å². The Hall–Kier alpha value is -2.39. The van der Waals surface area contributed by atoms with Crippen LogP contribution in [0.25, 0.3) is 10.8 Å². The molecular formula is C24H27N3. The average Bonchev–Trinajstić information content (AvgIpc) is 3.14. The number of piperidine rings is 1. The lowest BCUT2D eigenvalue weighted by Crippen LogP contribution is -2.29. The van der Waals surface area contributed by atoms with Gasteiger partial charge in [-0.15, -0.1) is 0 Å². The number of rotatable bonds is 3. The predicted octanol–water partition coefficient (Wildman–Crippen LogP) is 4.60. The van der Waals surface area contributed by atoms with Crippen molar-refractivity contribution in [2.45, 2.75) is 31.6 Å². The summed E-state index contributed by atoms with van der Waals surface area (Å²) in [7, 11) is 2.23. The van der Waals surface area contributed by atoms with Gasteiger partial charge in [-0.3, -0.25) is 4.98 Å². The molecule has 138 valence electrons. The van der Waals surface area contributed by atoms with Gasteiger partial charge in [0.1, 0.15) is 0 Å². The van der Waals surface area contributed by atoms with Gasteiger partial charge in [-0.2, -0.15) is 0 Å². The molecule has 1 N–H and O–H groups in total. The van der Waals surface area contributed by atoms with Crippen LogP contribution < -0.4 is 5.32 Å². The molecule has 0 spiro atoms. The molecule has 3 heterocycles. The first-order chi connectivity index (χ1) is 13.3. The molecule has 0 saturated carbocycles. The van der Waals surface area contributed by atoms with Crippen molar-refractivity contribution < 1.29 is 0 Å². The van der Waals surface area contributed by atoms with Crippen LogP contribution in [0.15, 0.2) is 48.5 Å². The average molecular weight is 358 g/mol. The summed E-state index contributed by atoms with van der Waals surface area (Å²) >= 11 is 0. The largest absolute Gasteiger partial charge is 0.384 e. The van der Waals surface area contributed by atoms with E-state index in [4.69, 9.17) is 4.98 Å². The van der Waals surface area contributed by atoms with Crippen LogP contribution in [0.4, 0.5) is 5.69 Å². The maximum Gasteiger partial charge on any atom is 0.0517 e. The molecule has 27 heavy (non-hydrogen) atoms. The monoisotopic (exact) mass is 357 g/mol. The van der Waals surface area contributed by atoms with Crippen LogP contribution in [-0.4, -0.2) is 36.6 Å². The first-order valence-electron chi connectivity index (χ1n) is 10.2. The number of hydrogen-bond acceptors (Lipinski definition) is 3. The Bertz CT molecular complexity index is 956. The molecular weight excluding hydrogens is 330 g/mol. The second-order valence-corrected chi connectivity index (χ2v) is 8.15. The van der Waals surface area contributed by atoms with Gasteiger partial charge in [0, 0.05) is 35.7 Å². The van der Waals surface area contributed by atoms with Crippen LogP contribution in [0, 0.1) is 0 Å². The molecule has 3 nitrogen and oxygen atoms in total. The number of benzene rings is 2. The molecule has 3 heteroatoms. The third-order valence-corrected chi connectivity index (χ3v) is 6.18. The summed E-state index contributed by atoms with van der Waals surface area (Å²) in [5.41, 5.74) is 6.63. The number of hydrogen-bond donors (Lipinski definition) is 1. The first-order valence-corrected chi connectivity index (χ1v) is 10.2. The van der Waals surface area contributed by atoms with Gasteiger partial charge in [-0.1, -0.05) is 30.3 Å². The maximum atomic E-state index is 5.22. The summed E-state index contributed by atoms with van der Waals surface area (Å²) in [4.78, 5) is 7.66. The molecule has 0 unspecified atom stereocenters. The van der Waals surface area contributed by atoms with Crippen LogP contribution in [0.3, 0.4) is 0 Å². The van der Waals surface area contributed by atoms with E-state index in [0.717, 1.165) is 19.4 Å². The van der Waals surface area contributed by atoms with Crippen LogP contribution in [-0.2, 0) is 12.8 Å². The minimum atomic E-state index is 0.568. The highest BCUT2D eigenvalue weighted by Gasteiger charge is 2.23. The van der Waals surface area contributed by atoms with Gasteiger partial charge in [0.2, 0.25) is 0 Å². The van der Waals surface area contributed by atoms with Crippen LogP contribution >= 0.6 is 0 Å². The van der Waals surface area contributed by atoms with Crippen LogP contribution in [0.2, 0.25) is 0 Å². The van der Waals surface area contributed by atoms with E-state index in [2.05, 4.69) is 65.8 Å². The second-order valence-electron chi connectivity index (χ2n) is 8.15. The lowest BCUT2D eigenvalue weighted by molar-refractivity contribution is 0.254. The molecule has 0 amide bonds. The third kappa shape index (κ3) is 3.32. The number of likely N-dealkylation sites (tertiary alicyclic amines) is 1. The fraction of sp³-hybridized carbons (Fsp3) is 0.375. The molecule has 2 aromatic carbocycles. The Balaban J connectivity index is 1.60. The Morgan fingerprint density at radius 1 is 1.07 bits per heavy atom. The van der Waals surface area contributed by atoms with Gasteiger partial charge in [0.15, 0.2) is 0 Å². The second kappa shape index (κ2) is 6.97. The Morgan fingerprint density at radius 3 is 2.70 bits per heavy atom. The topological polar surface area (TPSA) is 28.2 Å². The maximum absolute atomic E-state index is 5.22. The van der Waals surface area contributed by atoms with Gasteiger partial charge in [-0.25, -0.2) is 0 Å². The number of anilines is 1. The number of aromatic nitrogens is 1. The van der Waals surface area contributed by atoms with Crippen molar-refractivity contribution >= 4 is 16.5 Å². The van der Waals surface area contributed by atoms with Crippen molar-refractivity contribution in [2.24, 2.45) is 0 Å². The van der Waals surface area contributed by atoms with E-state index in [1.54, 1.807) is 0 Å². The van der Waals surface area contributed by atoms with Gasteiger partial charge in [0.25, 0.3) is 0 Å². The van der Waals surface area contributed by atoms with E-state index in [1.165, 1.54) is 64.9 Å². The number of pyridine rings is 1. The zero-order valence-corrected chi connectivity index (χ0v) is 16.0. The minimum absolute atomic E-state index is 0.568. The van der Waals surface area contributed by atoms with Crippen molar-refractivity contribution in [1.29, 1.82) is 0 Å². The van der Waals surface area contributed by atoms with Crippen LogP contribution in [0.5, 0.6) is 0 Å². The fourth-order valence-electron chi connectivity index (χ4n) is 4.62. The first kappa shape index (κ1) is 16.8. The van der Waals surface area contributed by atoms with E-state index in [1.807, 2.05) is 0 Å². The van der Waals surface area contributed by atoms with Crippen LogP contribution in [0.1, 0.15) is 41.3 Å². The van der Waals surface area contributed by atoms with E-state index >= 15 is 0 Å². The van der Waals surface area contributed by atoms with Crippen molar-refractivity contribution in [3.63, 3.8) is 0 Å². The molecule has 1 aromatic heterocycles. The highest BCUT2D eigenvalue weighted by Crippen LogP contribution is 2.36. The van der Waals surface area contributed by atoms with Gasteiger partial charge < -0.3 is 10.2 Å². The number of nitrogens with one attached hydrogen (secondary N) is 1. The molecule has 2 aliphatic rings. The number of nitrogens with zero attached hydrogens (tertiary/aromatic N) is 2. The summed E-state index contributed by atoms with van der Waals surface area (Å²) in [6.45, 7) is 3.39. The summed E-state index contributed by atoms with van der Waals surface area (Å²) in [6.07, 6.45) is 4.45. The molecule has 5 rings (SSSR count). The molecule has 1 saturated heterocycles. The molecule has 2 aliphatic heterocycles. The van der Waals surface area contributed by atoms with E-state index in [9.17, 15) is 0 Å². The molecule has 0 aliphatic carbocycles. The molecule has 0 bridgehead atoms. The lowest BCUT2D eigenvalue weighted by atomic mass is 9.89. The SMILES string of the molecule is CN1CCC(c2nc(Cc3ccccc3)cc3cc4c(cc23)NCC4)CC1. The summed E-state index contributed by atoms with van der Waals surface area (Å²) in [6, 6.07) is 17.8. The minimum Gasteiger partial charge on any atom is -0.384 e. The highest BCUT2D eigenvalue weighted by molar-refractivity contribution is 5.90. The standard InChI is InChI=1S/C24H27N3/c1-27-11-8-18(9-12-27)24-22-16-23-19(7-10-25-23)14-20(22)15-21(26-24)13-17-5-3-2-4-6-17/h2-6,14-16,18,25H,7-13H2,1H3. The van der Waals surface area contributed by atoms with Gasteiger partial charge >= 0.3 is 0 Å². The summed E-state index contributed by atoms with van der Waals surface area (Å²) in [5.74, 6) is 0.568. The van der Waals surface area contributed by atoms with E-state index in [-0.39, 0.29) is 0 Å². The van der Waals surface area contributed by atoms with Gasteiger partial charge in [0.05, 0.1) is 5.69 Å². The van der Waals surface area contributed by atoms with Gasteiger partial charge in [-0.05, 0) is 74.1 Å². The van der Waals surface area contributed by atoms with Crippen molar-refractivity contribution in [2.75, 3.05) is 32.0 Å². The van der Waals surface area contributed by atoms with E-state index in [0.29, 0.717) is 5.92 Å². The molecule has 1 fully saturated rings. The molecule has 0 radical (unpaired) electrons. The predicted molar refractivity (Wildman–Crippen MR) is 113 cm³/mol. The number of fused-ring (bicyclic) bond motifs is 2. The Morgan fingerprint density at radius 2 is 1.89 bits per heavy atom. The Labute approximate surface area is 161 Å². The lowest BCUT2D eigenvalue weighted by Gasteiger charge is -2.29. The summed E-state index contributed by atoms with van der Waals surface area (Å²) in [5, 5.41) is 6.27. The molecule has 0 atom stereocenters. The summed E-state index contributed by atoms with van der Waals surface area (Å²) < 4.78 is 0. The van der Waals surface area contributed by atoms with Crippen molar-refractivity contribution in [1.82, 2.24) is 9.88 Å². The fourth-order valence-corrected chi connectivity index (χ4v) is 4.62. The zero-order chi connectivity index (χ0) is 18.2. The zero-order valence-electron chi connectivity index (χ0n) is 16.0. The quantitative estimate of drug-likeness (QED) is 0.742. The normalized spacial score (nSPS) is 17.8. The molecule has 3 aromatic rings. The smallest absolute Gasteiger partial charge is 0.0517 e. The third-order valence-electron chi connectivity index (χ3n) is 6.18. The van der Waals surface area contributed by atoms with Crippen molar-refractivity contribution in [3.8, 4) is 0 Å².